The Hall–Kier alpha value is -2.06. The first kappa shape index (κ1) is 18.7. The summed E-state index contributed by atoms with van der Waals surface area (Å²) in [4.78, 5) is 1.21. The molecule has 134 valence electrons. The van der Waals surface area contributed by atoms with Gasteiger partial charge >= 0.3 is 0 Å². The Bertz CT molecular complexity index is 835. The van der Waals surface area contributed by atoms with Crippen LogP contribution in [0.25, 0.3) is 22.3 Å². The number of halogens is 1. The molecule has 0 aliphatic rings. The molecule has 0 aliphatic heterocycles. The largest absolute Gasteiger partial charge is 0.206 e. The van der Waals surface area contributed by atoms with Crippen LogP contribution in [0.15, 0.2) is 71.6 Å². The fraction of sp³-hybridized carbons (Fsp3) is 0.250. The Morgan fingerprint density at radius 3 is 2.04 bits per heavy atom. The molecule has 3 aromatic rings. The van der Waals surface area contributed by atoms with Crippen molar-refractivity contribution in [2.24, 2.45) is 0 Å². The molecule has 0 bridgehead atoms. The second kappa shape index (κ2) is 9.05. The van der Waals surface area contributed by atoms with Crippen LogP contribution < -0.4 is 0 Å². The molecule has 3 rings (SSSR count). The summed E-state index contributed by atoms with van der Waals surface area (Å²) in [5.41, 5.74) is 4.88. The molecule has 3 aromatic carbocycles. The molecule has 0 N–H and O–H groups in total. The molecule has 0 spiro atoms. The van der Waals surface area contributed by atoms with Crippen molar-refractivity contribution in [2.75, 3.05) is 6.26 Å². The van der Waals surface area contributed by atoms with Crippen LogP contribution in [0.4, 0.5) is 4.39 Å². The molecule has 0 saturated carbocycles. The topological polar surface area (TPSA) is 0 Å². The van der Waals surface area contributed by atoms with E-state index in [4.69, 9.17) is 0 Å². The number of benzene rings is 3. The van der Waals surface area contributed by atoms with Crippen molar-refractivity contribution >= 4 is 11.8 Å². The van der Waals surface area contributed by atoms with Crippen LogP contribution in [0, 0.1) is 5.82 Å². The van der Waals surface area contributed by atoms with Gasteiger partial charge in [0.1, 0.15) is 5.82 Å². The Labute approximate surface area is 160 Å². The molecule has 0 aliphatic carbocycles. The second-order valence-corrected chi connectivity index (χ2v) is 7.46. The van der Waals surface area contributed by atoms with Crippen molar-refractivity contribution in [3.05, 3.63) is 78.1 Å². The van der Waals surface area contributed by atoms with Crippen LogP contribution >= 0.6 is 11.8 Å². The molecule has 0 saturated heterocycles. The van der Waals surface area contributed by atoms with Crippen molar-refractivity contribution < 1.29 is 4.39 Å². The first-order valence-electron chi connectivity index (χ1n) is 9.24. The zero-order valence-corrected chi connectivity index (χ0v) is 16.3. The molecule has 0 atom stereocenters. The van der Waals surface area contributed by atoms with Crippen molar-refractivity contribution in [3.8, 4) is 22.3 Å². The van der Waals surface area contributed by atoms with Gasteiger partial charge in [-0.2, -0.15) is 0 Å². The van der Waals surface area contributed by atoms with Gasteiger partial charge in [0.05, 0.1) is 0 Å². The molecule has 0 amide bonds. The third-order valence-corrected chi connectivity index (χ3v) is 5.47. The molecule has 0 unspecified atom stereocenters. The van der Waals surface area contributed by atoms with Gasteiger partial charge in [0.25, 0.3) is 0 Å². The highest BCUT2D eigenvalue weighted by Gasteiger charge is 2.08. The number of aryl methyl sites for hydroxylation is 1. The molecule has 26 heavy (non-hydrogen) atoms. The molecule has 0 nitrogen and oxygen atoms in total. The molecule has 0 radical (unpaired) electrons. The summed E-state index contributed by atoms with van der Waals surface area (Å²) < 4.78 is 14.7. The number of unbranched alkanes of at least 4 members (excludes halogenated alkanes) is 2. The van der Waals surface area contributed by atoms with E-state index in [1.165, 1.54) is 29.7 Å². The third-order valence-electron chi connectivity index (χ3n) is 4.73. The summed E-state index contributed by atoms with van der Waals surface area (Å²) in [5, 5.41) is 0. The number of thioether (sulfide) groups is 1. The first-order valence-corrected chi connectivity index (χ1v) is 10.5. The maximum absolute atomic E-state index is 14.7. The lowest BCUT2D eigenvalue weighted by Crippen LogP contribution is -1.89. The molecular formula is C24H25FS. The van der Waals surface area contributed by atoms with E-state index in [2.05, 4.69) is 37.4 Å². The van der Waals surface area contributed by atoms with Crippen LogP contribution in [0.3, 0.4) is 0 Å². The van der Waals surface area contributed by atoms with E-state index >= 15 is 0 Å². The lowest BCUT2D eigenvalue weighted by Gasteiger charge is -2.09. The van der Waals surface area contributed by atoms with Crippen LogP contribution in [0.5, 0.6) is 0 Å². The van der Waals surface area contributed by atoms with E-state index in [-0.39, 0.29) is 5.82 Å². The normalized spacial score (nSPS) is 10.9. The average Bonchev–Trinajstić information content (AvgIpc) is 2.69. The third kappa shape index (κ3) is 4.56. The number of hydrogen-bond acceptors (Lipinski definition) is 1. The van der Waals surface area contributed by atoms with E-state index in [0.717, 1.165) is 23.1 Å². The summed E-state index contributed by atoms with van der Waals surface area (Å²) in [7, 11) is 0. The van der Waals surface area contributed by atoms with Crippen LogP contribution in [-0.2, 0) is 6.42 Å². The standard InChI is InChI=1S/C24H25FS/c1-3-4-5-6-18-7-9-20(10-8-18)23-16-13-21(17-24(23)25)19-11-14-22(26-2)15-12-19/h7-17H,3-6H2,1-2H3. The molecule has 0 aromatic heterocycles. The minimum absolute atomic E-state index is 0.171. The average molecular weight is 365 g/mol. The maximum Gasteiger partial charge on any atom is 0.131 e. The van der Waals surface area contributed by atoms with Crippen LogP contribution in [0.1, 0.15) is 31.7 Å². The van der Waals surface area contributed by atoms with Gasteiger partial charge in [0, 0.05) is 10.5 Å². The van der Waals surface area contributed by atoms with E-state index < -0.39 is 0 Å². The predicted molar refractivity (Wildman–Crippen MR) is 112 cm³/mol. The molecule has 2 heteroatoms. The van der Waals surface area contributed by atoms with Crippen molar-refractivity contribution in [2.45, 2.75) is 37.5 Å². The monoisotopic (exact) mass is 364 g/mol. The Balaban J connectivity index is 1.78. The highest BCUT2D eigenvalue weighted by atomic mass is 32.2. The van der Waals surface area contributed by atoms with E-state index in [0.29, 0.717) is 5.56 Å². The fourth-order valence-electron chi connectivity index (χ4n) is 3.14. The SMILES string of the molecule is CCCCCc1ccc(-c2ccc(-c3ccc(SC)cc3)cc2F)cc1. The quantitative estimate of drug-likeness (QED) is 0.307. The van der Waals surface area contributed by atoms with Crippen molar-refractivity contribution in [1.82, 2.24) is 0 Å². The lowest BCUT2D eigenvalue weighted by molar-refractivity contribution is 0.632. The van der Waals surface area contributed by atoms with Gasteiger partial charge in [-0.3, -0.25) is 0 Å². The highest BCUT2D eigenvalue weighted by Crippen LogP contribution is 2.29. The highest BCUT2D eigenvalue weighted by molar-refractivity contribution is 7.98. The lowest BCUT2D eigenvalue weighted by atomic mass is 9.98. The van der Waals surface area contributed by atoms with Gasteiger partial charge < -0.3 is 0 Å². The van der Waals surface area contributed by atoms with Gasteiger partial charge in [-0.1, -0.05) is 68.3 Å². The van der Waals surface area contributed by atoms with Crippen molar-refractivity contribution in [3.63, 3.8) is 0 Å². The smallest absolute Gasteiger partial charge is 0.131 e. The predicted octanol–water partition coefficient (Wildman–Crippen LogP) is 7.61. The van der Waals surface area contributed by atoms with E-state index in [1.807, 2.05) is 36.4 Å². The van der Waals surface area contributed by atoms with E-state index in [9.17, 15) is 4.39 Å². The summed E-state index contributed by atoms with van der Waals surface area (Å²) in [6.07, 6.45) is 6.86. The van der Waals surface area contributed by atoms with Gasteiger partial charge in [-0.15, -0.1) is 11.8 Å². The minimum atomic E-state index is -0.171. The second-order valence-electron chi connectivity index (χ2n) is 6.58. The summed E-state index contributed by atoms with van der Waals surface area (Å²) in [5.74, 6) is -0.171. The van der Waals surface area contributed by atoms with Gasteiger partial charge in [-0.25, -0.2) is 4.39 Å². The van der Waals surface area contributed by atoms with Gasteiger partial charge in [-0.05, 0) is 59.6 Å². The summed E-state index contributed by atoms with van der Waals surface area (Å²) >= 11 is 1.71. The van der Waals surface area contributed by atoms with Crippen LogP contribution in [0.2, 0.25) is 0 Å². The zero-order valence-electron chi connectivity index (χ0n) is 15.5. The minimum Gasteiger partial charge on any atom is -0.206 e. The number of rotatable bonds is 7. The Morgan fingerprint density at radius 1 is 0.769 bits per heavy atom. The number of hydrogen-bond donors (Lipinski definition) is 0. The van der Waals surface area contributed by atoms with Gasteiger partial charge in [0.15, 0.2) is 0 Å². The van der Waals surface area contributed by atoms with Gasteiger partial charge in [0.2, 0.25) is 0 Å². The molecule has 0 fully saturated rings. The van der Waals surface area contributed by atoms with E-state index in [1.54, 1.807) is 17.8 Å². The molecule has 0 heterocycles. The van der Waals surface area contributed by atoms with Crippen LogP contribution in [-0.4, -0.2) is 6.26 Å². The molecular weight excluding hydrogens is 339 g/mol. The Kier molecular flexibility index (Phi) is 6.51. The summed E-state index contributed by atoms with van der Waals surface area (Å²) in [6, 6.07) is 22.1. The fourth-order valence-corrected chi connectivity index (χ4v) is 3.55. The zero-order chi connectivity index (χ0) is 18.4. The Morgan fingerprint density at radius 2 is 1.42 bits per heavy atom. The first-order chi connectivity index (χ1) is 12.7. The maximum atomic E-state index is 14.7. The van der Waals surface area contributed by atoms with Crippen molar-refractivity contribution in [1.29, 1.82) is 0 Å². The summed E-state index contributed by atoms with van der Waals surface area (Å²) in [6.45, 7) is 2.21.